The Morgan fingerprint density at radius 2 is 2.23 bits per heavy atom. The number of rotatable bonds is 6. The van der Waals surface area contributed by atoms with E-state index >= 15 is 0 Å². The lowest BCUT2D eigenvalue weighted by Gasteiger charge is -2.00. The van der Waals surface area contributed by atoms with E-state index in [9.17, 15) is 9.00 Å². The topological polar surface area (TPSA) is 52.6 Å². The lowest BCUT2D eigenvalue weighted by molar-refractivity contribution is -0.137. The number of ether oxygens (including phenoxy) is 1. The summed E-state index contributed by atoms with van der Waals surface area (Å²) in [5, 5.41) is 0. The highest BCUT2D eigenvalue weighted by atomic mass is 32.2. The number of esters is 1. The molecule has 0 N–H and O–H groups in total. The molecule has 13 heavy (non-hydrogen) atoms. The fourth-order valence-corrected chi connectivity index (χ4v) is 1.01. The Balaban J connectivity index is 0. The van der Waals surface area contributed by atoms with Gasteiger partial charge in [0.15, 0.2) is 11.1 Å². The third-order valence-electron chi connectivity index (χ3n) is 1.05. The molecule has 1 atom stereocenters. The van der Waals surface area contributed by atoms with Gasteiger partial charge in [0.1, 0.15) is 0 Å². The summed E-state index contributed by atoms with van der Waals surface area (Å²) in [7, 11) is 1.37. The van der Waals surface area contributed by atoms with Crippen molar-refractivity contribution in [1.82, 2.24) is 0 Å². The van der Waals surface area contributed by atoms with Gasteiger partial charge >= 0.3 is 5.97 Å². The largest absolute Gasteiger partial charge is 0.463 e. The van der Waals surface area contributed by atoms with E-state index in [1.807, 2.05) is 0 Å². The van der Waals surface area contributed by atoms with Crippen LogP contribution in [0.5, 0.6) is 0 Å². The molecule has 0 heterocycles. The van der Waals surface area contributed by atoms with Gasteiger partial charge in [-0.15, -0.1) is 0 Å². The van der Waals surface area contributed by atoms with Gasteiger partial charge in [0.25, 0.3) is 0 Å². The van der Waals surface area contributed by atoms with Crippen LogP contribution in [-0.4, -0.2) is 29.6 Å². The summed E-state index contributed by atoms with van der Waals surface area (Å²) in [6.45, 7) is 3.48. The zero-order valence-corrected chi connectivity index (χ0v) is 7.76. The predicted octanol–water partition coefficient (Wildman–Crippen LogP) is 1.05. The minimum atomic E-state index is -1.26. The monoisotopic (exact) mass is 208 g/mol. The summed E-state index contributed by atoms with van der Waals surface area (Å²) in [6.07, 6.45) is 1.62. The summed E-state index contributed by atoms with van der Waals surface area (Å²) >= 11 is -1.26. The van der Waals surface area contributed by atoms with Gasteiger partial charge < -0.3 is 4.74 Å². The average molecular weight is 208 g/mol. The molecule has 0 aromatic rings. The van der Waals surface area contributed by atoms with E-state index in [0.29, 0.717) is 12.2 Å². The zero-order chi connectivity index (χ0) is 9.40. The molecule has 1 unspecified atom stereocenters. The van der Waals surface area contributed by atoms with Crippen LogP contribution < -0.4 is 0 Å². The molecule has 0 aromatic heterocycles. The van der Waals surface area contributed by atoms with Crippen LogP contribution in [0.1, 0.15) is 13.8 Å². The average Bonchev–Trinajstić information content (AvgIpc) is 2.11. The van der Waals surface area contributed by atoms with Gasteiger partial charge in [0.05, 0.1) is 19.5 Å². The highest BCUT2D eigenvalue weighted by molar-refractivity contribution is 7.80. The van der Waals surface area contributed by atoms with Crippen LogP contribution >= 0.6 is 0 Å². The SMILES string of the molecule is C.C=CC(=O)OCCCS(=O)OC. The first-order valence-corrected chi connectivity index (χ1v) is 4.67. The third-order valence-corrected chi connectivity index (χ3v) is 2.05. The molecule has 4 nitrogen and oxygen atoms in total. The molecule has 0 saturated heterocycles. The van der Waals surface area contributed by atoms with Crippen LogP contribution in [0.4, 0.5) is 0 Å². The van der Waals surface area contributed by atoms with E-state index in [0.717, 1.165) is 6.08 Å². The number of hydrogen-bond donors (Lipinski definition) is 0. The molecule has 0 saturated carbocycles. The van der Waals surface area contributed by atoms with E-state index in [4.69, 9.17) is 0 Å². The molecule has 0 rings (SSSR count). The van der Waals surface area contributed by atoms with E-state index in [2.05, 4.69) is 15.5 Å². The van der Waals surface area contributed by atoms with Gasteiger partial charge in [-0.3, -0.25) is 4.18 Å². The minimum Gasteiger partial charge on any atom is -0.463 e. The quantitative estimate of drug-likeness (QED) is 0.372. The van der Waals surface area contributed by atoms with Crippen LogP contribution in [0, 0.1) is 0 Å². The Morgan fingerprint density at radius 1 is 1.62 bits per heavy atom. The van der Waals surface area contributed by atoms with Crippen molar-refractivity contribution >= 4 is 17.0 Å². The summed E-state index contributed by atoms with van der Waals surface area (Å²) in [5.74, 6) is -0.0841. The van der Waals surface area contributed by atoms with Crippen LogP contribution in [-0.2, 0) is 24.8 Å². The molecule has 0 amide bonds. The summed E-state index contributed by atoms with van der Waals surface area (Å²) in [5.41, 5.74) is 0. The molecule has 0 bridgehead atoms. The van der Waals surface area contributed by atoms with Crippen LogP contribution in [0.15, 0.2) is 12.7 Å². The second kappa shape index (κ2) is 9.41. The zero-order valence-electron chi connectivity index (χ0n) is 6.95. The maximum atomic E-state index is 10.7. The van der Waals surface area contributed by atoms with Crippen molar-refractivity contribution in [3.8, 4) is 0 Å². The second-order valence-corrected chi connectivity index (χ2v) is 3.25. The molecule has 0 aromatic carbocycles. The van der Waals surface area contributed by atoms with Gasteiger partial charge in [-0.1, -0.05) is 14.0 Å². The van der Waals surface area contributed by atoms with Gasteiger partial charge in [0.2, 0.25) is 0 Å². The highest BCUT2D eigenvalue weighted by Gasteiger charge is 1.98. The number of carbonyl (C=O) groups is 1. The maximum absolute atomic E-state index is 10.7. The number of hydrogen-bond acceptors (Lipinski definition) is 4. The smallest absolute Gasteiger partial charge is 0.330 e. The van der Waals surface area contributed by atoms with E-state index < -0.39 is 17.0 Å². The van der Waals surface area contributed by atoms with Gasteiger partial charge in [-0.25, -0.2) is 9.00 Å². The van der Waals surface area contributed by atoms with E-state index in [-0.39, 0.29) is 14.0 Å². The van der Waals surface area contributed by atoms with E-state index in [1.165, 1.54) is 7.11 Å². The fraction of sp³-hybridized carbons (Fsp3) is 0.625. The Morgan fingerprint density at radius 3 is 2.69 bits per heavy atom. The van der Waals surface area contributed by atoms with Crippen molar-refractivity contribution in [1.29, 1.82) is 0 Å². The molecular formula is C8H16O4S. The van der Waals surface area contributed by atoms with Crippen molar-refractivity contribution in [2.75, 3.05) is 19.5 Å². The Hall–Kier alpha value is -0.680. The fourth-order valence-electron chi connectivity index (χ4n) is 0.492. The van der Waals surface area contributed by atoms with Gasteiger partial charge in [-0.05, 0) is 6.42 Å². The standard InChI is InChI=1S/C7H12O4S.CH4/c1-3-7(8)11-5-4-6-12(9)10-2;/h3H,1,4-6H2,2H3;1H4. The minimum absolute atomic E-state index is 0. The number of carbonyl (C=O) groups excluding carboxylic acids is 1. The van der Waals surface area contributed by atoms with Crippen molar-refractivity contribution in [3.63, 3.8) is 0 Å². The van der Waals surface area contributed by atoms with Crippen LogP contribution in [0.2, 0.25) is 0 Å². The molecule has 0 spiro atoms. The van der Waals surface area contributed by atoms with Crippen molar-refractivity contribution in [3.05, 3.63) is 12.7 Å². The van der Waals surface area contributed by atoms with Crippen molar-refractivity contribution < 1.29 is 17.9 Å². The Bertz CT molecular complexity index is 179. The van der Waals surface area contributed by atoms with Crippen molar-refractivity contribution in [2.24, 2.45) is 0 Å². The molecule has 0 aliphatic heterocycles. The Kier molecular flexibility index (Phi) is 10.7. The molecule has 78 valence electrons. The maximum Gasteiger partial charge on any atom is 0.330 e. The summed E-state index contributed by atoms with van der Waals surface area (Å²) in [4.78, 5) is 10.5. The molecule has 5 heteroatoms. The Labute approximate surface area is 81.6 Å². The normalized spacial score (nSPS) is 11.2. The lowest BCUT2D eigenvalue weighted by atomic mass is 10.5. The van der Waals surface area contributed by atoms with E-state index in [1.54, 1.807) is 0 Å². The molecule has 0 aliphatic rings. The predicted molar refractivity (Wildman–Crippen MR) is 52.5 cm³/mol. The van der Waals surface area contributed by atoms with Gasteiger partial charge in [-0.2, -0.15) is 0 Å². The molecule has 0 aliphatic carbocycles. The first kappa shape index (κ1) is 14.8. The van der Waals surface area contributed by atoms with Gasteiger partial charge in [0, 0.05) is 6.08 Å². The first-order valence-electron chi connectivity index (χ1n) is 3.42. The summed E-state index contributed by atoms with van der Waals surface area (Å²) < 4.78 is 19.8. The van der Waals surface area contributed by atoms with Crippen LogP contribution in [0.25, 0.3) is 0 Å². The molecule has 0 fully saturated rings. The second-order valence-electron chi connectivity index (χ2n) is 1.90. The van der Waals surface area contributed by atoms with Crippen molar-refractivity contribution in [2.45, 2.75) is 13.8 Å². The molecular weight excluding hydrogens is 192 g/mol. The highest BCUT2D eigenvalue weighted by Crippen LogP contribution is 1.90. The lowest BCUT2D eigenvalue weighted by Crippen LogP contribution is -2.06. The van der Waals surface area contributed by atoms with Crippen LogP contribution in [0.3, 0.4) is 0 Å². The summed E-state index contributed by atoms with van der Waals surface area (Å²) in [6, 6.07) is 0. The third kappa shape index (κ3) is 9.23. The molecule has 0 radical (unpaired) electrons. The first-order chi connectivity index (χ1) is 5.70.